The second-order valence-electron chi connectivity index (χ2n) is 5.40. The van der Waals surface area contributed by atoms with Crippen LogP contribution in [0.15, 0.2) is 37.1 Å². The number of rotatable bonds is 2. The van der Waals surface area contributed by atoms with Gasteiger partial charge >= 0.3 is 0 Å². The molecule has 96 valence electrons. The lowest BCUT2D eigenvalue weighted by molar-refractivity contribution is 0.166. The van der Waals surface area contributed by atoms with Gasteiger partial charge in [0.1, 0.15) is 6.33 Å². The van der Waals surface area contributed by atoms with E-state index in [4.69, 9.17) is 0 Å². The number of nitrogens with zero attached hydrogens (tertiary/aromatic N) is 4. The van der Waals surface area contributed by atoms with Crippen LogP contribution in [0.25, 0.3) is 0 Å². The Bertz CT molecular complexity index is 584. The first-order chi connectivity index (χ1) is 9.42. The van der Waals surface area contributed by atoms with Crippen molar-refractivity contribution >= 4 is 0 Å². The van der Waals surface area contributed by atoms with Gasteiger partial charge in [-0.3, -0.25) is 9.88 Å². The Kier molecular flexibility index (Phi) is 2.55. The second-order valence-corrected chi connectivity index (χ2v) is 5.40. The van der Waals surface area contributed by atoms with E-state index in [9.17, 15) is 0 Å². The molecule has 4 heterocycles. The molecule has 2 aromatic heterocycles. The molecule has 0 amide bonds. The molecule has 1 saturated heterocycles. The molecular weight excluding hydrogens is 236 g/mol. The van der Waals surface area contributed by atoms with Gasteiger partial charge in [0.05, 0.1) is 5.69 Å². The van der Waals surface area contributed by atoms with Crippen LogP contribution in [0.5, 0.6) is 0 Å². The van der Waals surface area contributed by atoms with Crippen molar-refractivity contribution in [1.29, 1.82) is 0 Å². The third-order valence-electron chi connectivity index (χ3n) is 4.37. The van der Waals surface area contributed by atoms with E-state index in [-0.39, 0.29) is 0 Å². The Morgan fingerprint density at radius 2 is 2.05 bits per heavy atom. The van der Waals surface area contributed by atoms with Gasteiger partial charge in [-0.25, -0.2) is 9.97 Å². The van der Waals surface area contributed by atoms with Crippen molar-refractivity contribution in [3.05, 3.63) is 53.9 Å². The van der Waals surface area contributed by atoms with Crippen LogP contribution in [0.4, 0.5) is 0 Å². The molecule has 2 aliphatic heterocycles. The Balaban J connectivity index is 1.65. The minimum atomic E-state index is 0.503. The number of pyridine rings is 1. The molecule has 2 atom stereocenters. The molecule has 0 radical (unpaired) electrons. The average molecular weight is 252 g/mol. The van der Waals surface area contributed by atoms with Crippen molar-refractivity contribution < 1.29 is 0 Å². The molecule has 1 fully saturated rings. The highest BCUT2D eigenvalue weighted by Gasteiger charge is 2.40. The minimum absolute atomic E-state index is 0.503. The summed E-state index contributed by atoms with van der Waals surface area (Å²) < 4.78 is 0. The van der Waals surface area contributed by atoms with Crippen molar-refractivity contribution in [1.82, 2.24) is 19.9 Å². The predicted molar refractivity (Wildman–Crippen MR) is 71.3 cm³/mol. The van der Waals surface area contributed by atoms with E-state index in [0.29, 0.717) is 12.1 Å². The van der Waals surface area contributed by atoms with E-state index in [0.717, 1.165) is 13.0 Å². The van der Waals surface area contributed by atoms with E-state index < -0.39 is 0 Å². The molecule has 2 aliphatic rings. The van der Waals surface area contributed by atoms with Crippen LogP contribution in [-0.2, 0) is 13.0 Å². The molecule has 19 heavy (non-hydrogen) atoms. The quantitative estimate of drug-likeness (QED) is 0.821. The largest absolute Gasteiger partial charge is 0.289 e. The van der Waals surface area contributed by atoms with Crippen molar-refractivity contribution in [3.63, 3.8) is 0 Å². The van der Waals surface area contributed by atoms with Crippen LogP contribution < -0.4 is 0 Å². The maximum absolute atomic E-state index is 4.45. The maximum atomic E-state index is 4.45. The zero-order chi connectivity index (χ0) is 12.7. The summed E-state index contributed by atoms with van der Waals surface area (Å²) in [5, 5.41) is 0. The molecule has 2 bridgehead atoms. The summed E-state index contributed by atoms with van der Waals surface area (Å²) in [5.41, 5.74) is 3.94. The number of fused-ring (bicyclic) bond motifs is 4. The van der Waals surface area contributed by atoms with Gasteiger partial charge < -0.3 is 0 Å². The van der Waals surface area contributed by atoms with Crippen molar-refractivity contribution in [2.45, 2.75) is 37.9 Å². The van der Waals surface area contributed by atoms with E-state index in [1.54, 1.807) is 6.33 Å². The Hall–Kier alpha value is -1.81. The lowest BCUT2D eigenvalue weighted by Crippen LogP contribution is -2.37. The summed E-state index contributed by atoms with van der Waals surface area (Å²) in [6.07, 6.45) is 11.0. The number of hydrogen-bond acceptors (Lipinski definition) is 4. The Labute approximate surface area is 112 Å². The van der Waals surface area contributed by atoms with Crippen LogP contribution in [0, 0.1) is 0 Å². The first-order valence-electron chi connectivity index (χ1n) is 6.85. The average Bonchev–Trinajstić information content (AvgIpc) is 2.74. The van der Waals surface area contributed by atoms with E-state index in [1.165, 1.54) is 29.7 Å². The molecule has 4 rings (SSSR count). The standard InChI is InChI=1S/C15H16N4/c1-2-15-13-8-17-10-18-14(13)7-12(1)19(15)9-11-3-5-16-6-4-11/h3-6,8,10,12,15H,1-2,7,9H2. The summed E-state index contributed by atoms with van der Waals surface area (Å²) >= 11 is 0. The molecule has 0 spiro atoms. The first-order valence-corrected chi connectivity index (χ1v) is 6.85. The van der Waals surface area contributed by atoms with Crippen LogP contribution in [-0.4, -0.2) is 25.9 Å². The third kappa shape index (κ3) is 1.83. The molecule has 2 aromatic rings. The van der Waals surface area contributed by atoms with Gasteiger partial charge in [-0.2, -0.15) is 0 Å². The van der Waals surface area contributed by atoms with Gasteiger partial charge in [-0.15, -0.1) is 0 Å². The van der Waals surface area contributed by atoms with Gasteiger partial charge in [0.2, 0.25) is 0 Å². The zero-order valence-electron chi connectivity index (χ0n) is 10.7. The Morgan fingerprint density at radius 3 is 2.95 bits per heavy atom. The molecule has 2 unspecified atom stereocenters. The maximum Gasteiger partial charge on any atom is 0.115 e. The zero-order valence-corrected chi connectivity index (χ0v) is 10.7. The molecule has 0 aromatic carbocycles. The lowest BCUT2D eigenvalue weighted by Gasteiger charge is -2.35. The van der Waals surface area contributed by atoms with Gasteiger partial charge in [0.15, 0.2) is 0 Å². The fourth-order valence-electron chi connectivity index (χ4n) is 3.47. The summed E-state index contributed by atoms with van der Waals surface area (Å²) in [6, 6.07) is 5.36. The van der Waals surface area contributed by atoms with Crippen molar-refractivity contribution in [2.75, 3.05) is 0 Å². The van der Waals surface area contributed by atoms with Gasteiger partial charge in [0.25, 0.3) is 0 Å². The summed E-state index contributed by atoms with van der Waals surface area (Å²) in [7, 11) is 0. The van der Waals surface area contributed by atoms with E-state index in [2.05, 4.69) is 32.0 Å². The van der Waals surface area contributed by atoms with Gasteiger partial charge in [-0.1, -0.05) is 0 Å². The number of aromatic nitrogens is 3. The fourth-order valence-corrected chi connectivity index (χ4v) is 3.47. The van der Waals surface area contributed by atoms with E-state index >= 15 is 0 Å². The monoisotopic (exact) mass is 252 g/mol. The third-order valence-corrected chi connectivity index (χ3v) is 4.37. The molecular formula is C15H16N4. The van der Waals surface area contributed by atoms with Gasteiger partial charge in [0, 0.05) is 49.2 Å². The number of hydrogen-bond donors (Lipinski definition) is 0. The predicted octanol–water partition coefficient (Wildman–Crippen LogP) is 2.13. The first kappa shape index (κ1) is 11.1. The molecule has 4 nitrogen and oxygen atoms in total. The molecule has 0 aliphatic carbocycles. The van der Waals surface area contributed by atoms with Crippen molar-refractivity contribution in [3.8, 4) is 0 Å². The Morgan fingerprint density at radius 1 is 1.16 bits per heavy atom. The van der Waals surface area contributed by atoms with Gasteiger partial charge in [-0.05, 0) is 30.5 Å². The van der Waals surface area contributed by atoms with Crippen LogP contribution in [0.2, 0.25) is 0 Å². The molecule has 4 heteroatoms. The molecule has 0 saturated carbocycles. The lowest BCUT2D eigenvalue weighted by atomic mass is 9.99. The smallest absolute Gasteiger partial charge is 0.115 e. The highest BCUT2D eigenvalue weighted by molar-refractivity contribution is 5.28. The highest BCUT2D eigenvalue weighted by atomic mass is 15.2. The van der Waals surface area contributed by atoms with Crippen LogP contribution in [0.1, 0.15) is 35.7 Å². The van der Waals surface area contributed by atoms with E-state index in [1.807, 2.05) is 18.6 Å². The topological polar surface area (TPSA) is 41.9 Å². The van der Waals surface area contributed by atoms with Crippen LogP contribution in [0.3, 0.4) is 0 Å². The normalized spacial score (nSPS) is 25.3. The SMILES string of the molecule is c1cc(CN2C3CCC2c2cncnc2C3)ccn1. The van der Waals surface area contributed by atoms with Crippen LogP contribution >= 0.6 is 0 Å². The molecule has 0 N–H and O–H groups in total. The summed E-state index contributed by atoms with van der Waals surface area (Å²) in [5.74, 6) is 0. The summed E-state index contributed by atoms with van der Waals surface area (Å²) in [6.45, 7) is 1.01. The second kappa shape index (κ2) is 4.38. The minimum Gasteiger partial charge on any atom is -0.289 e. The van der Waals surface area contributed by atoms with Crippen molar-refractivity contribution in [2.24, 2.45) is 0 Å². The summed E-state index contributed by atoms with van der Waals surface area (Å²) in [4.78, 5) is 15.4. The fraction of sp³-hybridized carbons (Fsp3) is 0.400. The highest BCUT2D eigenvalue weighted by Crippen LogP contribution is 2.43.